The molecule has 0 aliphatic carbocycles. The molecule has 1 aliphatic heterocycles. The van der Waals surface area contributed by atoms with Crippen LogP contribution in [0.2, 0.25) is 0 Å². The second-order valence-electron chi connectivity index (χ2n) is 4.99. The topological polar surface area (TPSA) is 80.5 Å². The van der Waals surface area contributed by atoms with Crippen LogP contribution < -0.4 is 5.73 Å². The quantitative estimate of drug-likeness (QED) is 0.826. The van der Waals surface area contributed by atoms with E-state index in [9.17, 15) is 13.2 Å². The lowest BCUT2D eigenvalue weighted by Gasteiger charge is -2.21. The summed E-state index contributed by atoms with van der Waals surface area (Å²) in [5, 5.41) is 0. The van der Waals surface area contributed by atoms with Crippen LogP contribution in [-0.4, -0.2) is 37.8 Å². The number of para-hydroxylation sites is 1. The molecule has 0 radical (unpaired) electrons. The normalized spacial score (nSPS) is 21.2. The van der Waals surface area contributed by atoms with Crippen molar-refractivity contribution < 1.29 is 13.2 Å². The molecule has 1 amide bonds. The van der Waals surface area contributed by atoms with Gasteiger partial charge in [0.1, 0.15) is 0 Å². The average Bonchev–Trinajstić information content (AvgIpc) is 2.71. The molecule has 1 heterocycles. The molecule has 2 rings (SSSR count). The highest BCUT2D eigenvalue weighted by Crippen LogP contribution is 2.21. The molecular weight excluding hydrogens is 264 g/mol. The molecule has 1 aromatic carbocycles. The average molecular weight is 282 g/mol. The minimum Gasteiger partial charge on any atom is -0.398 e. The number of carbonyl (C=O) groups is 1. The van der Waals surface area contributed by atoms with E-state index in [-0.39, 0.29) is 17.4 Å². The molecule has 5 nitrogen and oxygen atoms in total. The minimum absolute atomic E-state index is 0.0273. The zero-order valence-electron chi connectivity index (χ0n) is 10.9. The zero-order chi connectivity index (χ0) is 14.0. The Kier molecular flexibility index (Phi) is 3.80. The standard InChI is InChI=1S/C13H18N2O3S/c1-15(8-10-4-2-3-5-12(10)14)13(16)11-6-7-19(17,18)9-11/h2-5,11H,6-9,14H2,1H3. The summed E-state index contributed by atoms with van der Waals surface area (Å²) in [7, 11) is -1.35. The fourth-order valence-corrected chi connectivity index (χ4v) is 4.05. The molecule has 6 heteroatoms. The molecule has 0 aromatic heterocycles. The SMILES string of the molecule is CN(Cc1ccccc1N)C(=O)C1CCS(=O)(=O)C1. The van der Waals surface area contributed by atoms with E-state index in [1.54, 1.807) is 18.0 Å². The van der Waals surface area contributed by atoms with E-state index >= 15 is 0 Å². The smallest absolute Gasteiger partial charge is 0.226 e. The third-order valence-corrected chi connectivity index (χ3v) is 5.19. The highest BCUT2D eigenvalue weighted by atomic mass is 32.2. The van der Waals surface area contributed by atoms with Crippen LogP contribution >= 0.6 is 0 Å². The van der Waals surface area contributed by atoms with Crippen molar-refractivity contribution in [2.75, 3.05) is 24.3 Å². The first-order chi connectivity index (χ1) is 8.89. The highest BCUT2D eigenvalue weighted by Gasteiger charge is 2.34. The van der Waals surface area contributed by atoms with Gasteiger partial charge in [-0.3, -0.25) is 4.79 Å². The lowest BCUT2D eigenvalue weighted by Crippen LogP contribution is -2.33. The van der Waals surface area contributed by atoms with Crippen LogP contribution in [0.1, 0.15) is 12.0 Å². The van der Waals surface area contributed by atoms with Crippen LogP contribution in [0.15, 0.2) is 24.3 Å². The van der Waals surface area contributed by atoms with E-state index < -0.39 is 15.8 Å². The van der Waals surface area contributed by atoms with Gasteiger partial charge in [0, 0.05) is 19.3 Å². The van der Waals surface area contributed by atoms with Gasteiger partial charge in [0.05, 0.1) is 17.4 Å². The van der Waals surface area contributed by atoms with Crippen molar-refractivity contribution in [1.29, 1.82) is 0 Å². The van der Waals surface area contributed by atoms with Gasteiger partial charge in [0.2, 0.25) is 5.91 Å². The molecule has 1 saturated heterocycles. The summed E-state index contributed by atoms with van der Waals surface area (Å²) in [6.45, 7) is 0.405. The van der Waals surface area contributed by atoms with E-state index in [0.717, 1.165) is 5.56 Å². The van der Waals surface area contributed by atoms with Crippen LogP contribution in [0, 0.1) is 5.92 Å². The summed E-state index contributed by atoms with van der Waals surface area (Å²) in [5.41, 5.74) is 7.35. The number of hydrogen-bond donors (Lipinski definition) is 1. The van der Waals surface area contributed by atoms with Gasteiger partial charge in [0.25, 0.3) is 0 Å². The van der Waals surface area contributed by atoms with Crippen molar-refractivity contribution in [2.45, 2.75) is 13.0 Å². The van der Waals surface area contributed by atoms with Crippen molar-refractivity contribution in [1.82, 2.24) is 4.90 Å². The largest absolute Gasteiger partial charge is 0.398 e. The third-order valence-electron chi connectivity index (χ3n) is 3.42. The van der Waals surface area contributed by atoms with Crippen LogP contribution in [0.5, 0.6) is 0 Å². The third kappa shape index (κ3) is 3.26. The van der Waals surface area contributed by atoms with Crippen molar-refractivity contribution in [3.8, 4) is 0 Å². The number of anilines is 1. The Labute approximate surface area is 113 Å². The summed E-state index contributed by atoms with van der Waals surface area (Å²) in [5.74, 6) is -0.435. The van der Waals surface area contributed by atoms with Crippen molar-refractivity contribution in [3.63, 3.8) is 0 Å². The molecule has 0 spiro atoms. The molecule has 19 heavy (non-hydrogen) atoms. The van der Waals surface area contributed by atoms with Crippen LogP contribution in [0.25, 0.3) is 0 Å². The molecule has 1 fully saturated rings. The number of carbonyl (C=O) groups excluding carboxylic acids is 1. The van der Waals surface area contributed by atoms with E-state index in [0.29, 0.717) is 18.7 Å². The van der Waals surface area contributed by atoms with E-state index in [4.69, 9.17) is 5.73 Å². The van der Waals surface area contributed by atoms with Crippen LogP contribution in [-0.2, 0) is 21.2 Å². The summed E-state index contributed by atoms with van der Waals surface area (Å²) in [6.07, 6.45) is 0.426. The Morgan fingerprint density at radius 2 is 2.11 bits per heavy atom. The maximum atomic E-state index is 12.2. The van der Waals surface area contributed by atoms with Crippen LogP contribution in [0.3, 0.4) is 0 Å². The monoisotopic (exact) mass is 282 g/mol. The first-order valence-electron chi connectivity index (χ1n) is 6.18. The van der Waals surface area contributed by atoms with Gasteiger partial charge in [-0.2, -0.15) is 0 Å². The van der Waals surface area contributed by atoms with Gasteiger partial charge in [-0.05, 0) is 18.1 Å². The minimum atomic E-state index is -3.03. The number of amides is 1. The molecule has 2 N–H and O–H groups in total. The Bertz CT molecular complexity index is 583. The number of hydrogen-bond acceptors (Lipinski definition) is 4. The maximum Gasteiger partial charge on any atom is 0.226 e. The molecule has 0 saturated carbocycles. The van der Waals surface area contributed by atoms with Gasteiger partial charge < -0.3 is 10.6 Å². The molecular formula is C13H18N2O3S. The second kappa shape index (κ2) is 5.21. The molecule has 0 bridgehead atoms. The van der Waals surface area contributed by atoms with Crippen molar-refractivity contribution in [3.05, 3.63) is 29.8 Å². The first kappa shape index (κ1) is 13.9. The number of benzene rings is 1. The van der Waals surface area contributed by atoms with Crippen LogP contribution in [0.4, 0.5) is 5.69 Å². The lowest BCUT2D eigenvalue weighted by molar-refractivity contribution is -0.133. The Balaban J connectivity index is 2.03. The summed E-state index contributed by atoms with van der Waals surface area (Å²) in [4.78, 5) is 13.7. The number of rotatable bonds is 3. The van der Waals surface area contributed by atoms with Gasteiger partial charge in [-0.1, -0.05) is 18.2 Å². The Morgan fingerprint density at radius 1 is 1.42 bits per heavy atom. The van der Waals surface area contributed by atoms with Gasteiger partial charge in [-0.25, -0.2) is 8.42 Å². The number of nitrogens with zero attached hydrogens (tertiary/aromatic N) is 1. The zero-order valence-corrected chi connectivity index (χ0v) is 11.7. The summed E-state index contributed by atoms with van der Waals surface area (Å²) >= 11 is 0. The summed E-state index contributed by atoms with van der Waals surface area (Å²) in [6, 6.07) is 7.35. The van der Waals surface area contributed by atoms with E-state index in [2.05, 4.69) is 0 Å². The predicted octanol–water partition coefficient (Wildman–Crippen LogP) is 0.662. The van der Waals surface area contributed by atoms with E-state index in [1.165, 1.54) is 0 Å². The Morgan fingerprint density at radius 3 is 2.68 bits per heavy atom. The maximum absolute atomic E-state index is 12.2. The highest BCUT2D eigenvalue weighted by molar-refractivity contribution is 7.91. The molecule has 1 aromatic rings. The van der Waals surface area contributed by atoms with E-state index in [1.807, 2.05) is 18.2 Å². The fourth-order valence-electron chi connectivity index (χ4n) is 2.31. The first-order valence-corrected chi connectivity index (χ1v) is 8.00. The predicted molar refractivity (Wildman–Crippen MR) is 74.1 cm³/mol. The fraction of sp³-hybridized carbons (Fsp3) is 0.462. The van der Waals surface area contributed by atoms with Gasteiger partial charge in [0.15, 0.2) is 9.84 Å². The molecule has 1 atom stereocenters. The number of nitrogen functional groups attached to an aromatic ring is 1. The second-order valence-corrected chi connectivity index (χ2v) is 7.22. The van der Waals surface area contributed by atoms with Crippen molar-refractivity contribution >= 4 is 21.4 Å². The van der Waals surface area contributed by atoms with Gasteiger partial charge in [-0.15, -0.1) is 0 Å². The summed E-state index contributed by atoms with van der Waals surface area (Å²) < 4.78 is 22.8. The molecule has 104 valence electrons. The Hall–Kier alpha value is -1.56. The molecule has 1 aliphatic rings. The molecule has 1 unspecified atom stereocenters. The number of nitrogens with two attached hydrogens (primary N) is 1. The van der Waals surface area contributed by atoms with Crippen molar-refractivity contribution in [2.24, 2.45) is 5.92 Å². The van der Waals surface area contributed by atoms with Gasteiger partial charge >= 0.3 is 0 Å². The lowest BCUT2D eigenvalue weighted by atomic mass is 10.1. The number of sulfone groups is 1.